The molecule has 4 nitrogen and oxygen atoms in total. The summed E-state index contributed by atoms with van der Waals surface area (Å²) in [6.45, 7) is 0.920. The number of benzene rings is 2. The lowest BCUT2D eigenvalue weighted by molar-refractivity contribution is 0.305. The second-order valence-corrected chi connectivity index (χ2v) is 6.05. The highest BCUT2D eigenvalue weighted by Crippen LogP contribution is 2.25. The van der Waals surface area contributed by atoms with Crippen molar-refractivity contribution in [2.75, 3.05) is 0 Å². The lowest BCUT2D eigenvalue weighted by Gasteiger charge is -2.11. The lowest BCUT2D eigenvalue weighted by Crippen LogP contribution is -2.01. The Bertz CT molecular complexity index is 886. The summed E-state index contributed by atoms with van der Waals surface area (Å²) in [5.74, 6) is 0.529. The Morgan fingerprint density at radius 2 is 2.04 bits per heavy atom. The second-order valence-electron chi connectivity index (χ2n) is 5.20. The van der Waals surface area contributed by atoms with Gasteiger partial charge in [-0.05, 0) is 29.8 Å². The molecule has 0 spiro atoms. The van der Waals surface area contributed by atoms with Crippen molar-refractivity contribution < 1.29 is 4.74 Å². The standard InChI is InChI=1S/C18H13Cl2N3O/c19-16-4-3-15(17(20)8-16)11-24-18-7-13(1-2-14(18)9-21)10-23-6-5-22-12-23/h1-8,12H,10-11H2. The number of imidazole rings is 1. The van der Waals surface area contributed by atoms with E-state index in [1.807, 2.05) is 29.0 Å². The molecule has 0 bridgehead atoms. The summed E-state index contributed by atoms with van der Waals surface area (Å²) in [7, 11) is 0. The summed E-state index contributed by atoms with van der Waals surface area (Å²) < 4.78 is 7.77. The van der Waals surface area contributed by atoms with Crippen LogP contribution in [0.1, 0.15) is 16.7 Å². The molecule has 2 aromatic carbocycles. The van der Waals surface area contributed by atoms with E-state index in [4.69, 9.17) is 27.9 Å². The van der Waals surface area contributed by atoms with E-state index in [2.05, 4.69) is 11.1 Å². The van der Waals surface area contributed by atoms with Gasteiger partial charge in [0.1, 0.15) is 18.4 Å². The number of nitrogens with zero attached hydrogens (tertiary/aromatic N) is 3. The van der Waals surface area contributed by atoms with Crippen molar-refractivity contribution in [1.29, 1.82) is 5.26 Å². The molecule has 120 valence electrons. The molecule has 0 saturated heterocycles. The van der Waals surface area contributed by atoms with Crippen LogP contribution >= 0.6 is 23.2 Å². The average molecular weight is 358 g/mol. The molecule has 0 N–H and O–H groups in total. The fourth-order valence-electron chi connectivity index (χ4n) is 2.26. The van der Waals surface area contributed by atoms with E-state index in [0.29, 0.717) is 27.9 Å². The van der Waals surface area contributed by atoms with Crippen LogP contribution in [0.2, 0.25) is 10.0 Å². The summed E-state index contributed by atoms with van der Waals surface area (Å²) in [4.78, 5) is 4.02. The zero-order valence-electron chi connectivity index (χ0n) is 12.6. The van der Waals surface area contributed by atoms with Crippen molar-refractivity contribution in [1.82, 2.24) is 9.55 Å². The summed E-state index contributed by atoms with van der Waals surface area (Å²) in [6, 6.07) is 12.9. The van der Waals surface area contributed by atoms with Crippen LogP contribution < -0.4 is 4.74 Å². The van der Waals surface area contributed by atoms with Crippen LogP contribution in [0.25, 0.3) is 0 Å². The number of aromatic nitrogens is 2. The molecular weight excluding hydrogens is 345 g/mol. The Hall–Kier alpha value is -2.48. The van der Waals surface area contributed by atoms with Gasteiger partial charge in [-0.2, -0.15) is 5.26 Å². The first kappa shape index (κ1) is 16.4. The summed E-state index contributed by atoms with van der Waals surface area (Å²) in [6.07, 6.45) is 5.35. The van der Waals surface area contributed by atoms with E-state index in [1.54, 1.807) is 30.7 Å². The minimum atomic E-state index is 0.263. The van der Waals surface area contributed by atoms with Crippen LogP contribution in [0.3, 0.4) is 0 Å². The number of halogens is 2. The van der Waals surface area contributed by atoms with E-state index in [0.717, 1.165) is 11.1 Å². The highest BCUT2D eigenvalue weighted by atomic mass is 35.5. The quantitative estimate of drug-likeness (QED) is 0.665. The molecule has 3 rings (SSSR count). The molecule has 6 heteroatoms. The largest absolute Gasteiger partial charge is 0.487 e. The highest BCUT2D eigenvalue weighted by Gasteiger charge is 2.08. The second kappa shape index (κ2) is 7.39. The summed E-state index contributed by atoms with van der Waals surface area (Å²) in [5.41, 5.74) is 2.31. The van der Waals surface area contributed by atoms with Crippen molar-refractivity contribution in [3.63, 3.8) is 0 Å². The molecule has 0 radical (unpaired) electrons. The number of hydrogen-bond donors (Lipinski definition) is 0. The monoisotopic (exact) mass is 357 g/mol. The Kier molecular flexibility index (Phi) is 5.05. The molecule has 0 aliphatic heterocycles. The van der Waals surface area contributed by atoms with Gasteiger partial charge in [0.25, 0.3) is 0 Å². The Morgan fingerprint density at radius 1 is 1.17 bits per heavy atom. The van der Waals surface area contributed by atoms with Gasteiger partial charge in [0.2, 0.25) is 0 Å². The van der Waals surface area contributed by atoms with Gasteiger partial charge in [-0.15, -0.1) is 0 Å². The molecule has 24 heavy (non-hydrogen) atoms. The number of hydrogen-bond acceptors (Lipinski definition) is 3. The lowest BCUT2D eigenvalue weighted by atomic mass is 10.1. The predicted octanol–water partition coefficient (Wildman–Crippen LogP) is 4.69. The number of rotatable bonds is 5. The van der Waals surface area contributed by atoms with Crippen molar-refractivity contribution >= 4 is 23.2 Å². The first-order valence-electron chi connectivity index (χ1n) is 7.21. The van der Waals surface area contributed by atoms with E-state index in [1.165, 1.54) is 0 Å². The van der Waals surface area contributed by atoms with Gasteiger partial charge in [-0.25, -0.2) is 4.98 Å². The zero-order chi connectivity index (χ0) is 16.9. The minimum Gasteiger partial charge on any atom is -0.487 e. The van der Waals surface area contributed by atoms with Crippen LogP contribution in [-0.2, 0) is 13.2 Å². The summed E-state index contributed by atoms with van der Waals surface area (Å²) >= 11 is 12.1. The van der Waals surface area contributed by atoms with Crippen molar-refractivity contribution in [3.8, 4) is 11.8 Å². The smallest absolute Gasteiger partial charge is 0.137 e. The van der Waals surface area contributed by atoms with Crippen molar-refractivity contribution in [3.05, 3.63) is 81.9 Å². The molecule has 0 aliphatic rings. The summed E-state index contributed by atoms with van der Waals surface area (Å²) in [5, 5.41) is 10.4. The number of nitriles is 1. The third kappa shape index (κ3) is 3.88. The molecule has 1 heterocycles. The maximum Gasteiger partial charge on any atom is 0.137 e. The predicted molar refractivity (Wildman–Crippen MR) is 93.3 cm³/mol. The van der Waals surface area contributed by atoms with Crippen LogP contribution in [-0.4, -0.2) is 9.55 Å². The van der Waals surface area contributed by atoms with Crippen LogP contribution in [0.4, 0.5) is 0 Å². The highest BCUT2D eigenvalue weighted by molar-refractivity contribution is 6.35. The van der Waals surface area contributed by atoms with E-state index < -0.39 is 0 Å². The van der Waals surface area contributed by atoms with Crippen LogP contribution in [0.5, 0.6) is 5.75 Å². The van der Waals surface area contributed by atoms with Crippen LogP contribution in [0.15, 0.2) is 55.1 Å². The van der Waals surface area contributed by atoms with Gasteiger partial charge >= 0.3 is 0 Å². The first-order chi connectivity index (χ1) is 11.7. The van der Waals surface area contributed by atoms with Gasteiger partial charge in [-0.3, -0.25) is 0 Å². The topological polar surface area (TPSA) is 50.8 Å². The minimum absolute atomic E-state index is 0.263. The van der Waals surface area contributed by atoms with E-state index >= 15 is 0 Å². The van der Waals surface area contributed by atoms with E-state index in [9.17, 15) is 5.26 Å². The first-order valence-corrected chi connectivity index (χ1v) is 7.97. The third-order valence-corrected chi connectivity index (χ3v) is 4.08. The van der Waals surface area contributed by atoms with Gasteiger partial charge in [-0.1, -0.05) is 35.3 Å². The third-order valence-electron chi connectivity index (χ3n) is 3.49. The molecule has 0 aliphatic carbocycles. The molecule has 3 aromatic rings. The Labute approximate surface area is 149 Å². The Balaban J connectivity index is 1.79. The SMILES string of the molecule is N#Cc1ccc(Cn2ccnc2)cc1OCc1ccc(Cl)cc1Cl. The molecule has 0 atom stereocenters. The molecule has 0 amide bonds. The van der Waals surface area contributed by atoms with Crippen molar-refractivity contribution in [2.24, 2.45) is 0 Å². The van der Waals surface area contributed by atoms with Crippen LogP contribution in [0, 0.1) is 11.3 Å². The maximum absolute atomic E-state index is 9.27. The molecule has 0 saturated carbocycles. The van der Waals surface area contributed by atoms with Gasteiger partial charge < -0.3 is 9.30 Å². The maximum atomic E-state index is 9.27. The fourth-order valence-corrected chi connectivity index (χ4v) is 2.73. The van der Waals surface area contributed by atoms with Gasteiger partial charge in [0.15, 0.2) is 0 Å². The molecular formula is C18H13Cl2N3O. The average Bonchev–Trinajstić information content (AvgIpc) is 3.07. The molecule has 0 fully saturated rings. The molecule has 1 aromatic heterocycles. The van der Waals surface area contributed by atoms with E-state index in [-0.39, 0.29) is 6.61 Å². The molecule has 0 unspecified atom stereocenters. The van der Waals surface area contributed by atoms with Gasteiger partial charge in [0.05, 0.1) is 11.9 Å². The Morgan fingerprint density at radius 3 is 2.75 bits per heavy atom. The number of ether oxygens (including phenoxy) is 1. The fraction of sp³-hybridized carbons (Fsp3) is 0.111. The van der Waals surface area contributed by atoms with Crippen molar-refractivity contribution in [2.45, 2.75) is 13.2 Å². The zero-order valence-corrected chi connectivity index (χ0v) is 14.1. The normalized spacial score (nSPS) is 10.4. The van der Waals surface area contributed by atoms with Gasteiger partial charge in [0, 0.05) is 34.5 Å².